The lowest BCUT2D eigenvalue weighted by atomic mass is 10.1. The van der Waals surface area contributed by atoms with E-state index in [0.29, 0.717) is 6.07 Å². The van der Waals surface area contributed by atoms with Gasteiger partial charge in [-0.1, -0.05) is 11.6 Å². The summed E-state index contributed by atoms with van der Waals surface area (Å²) in [7, 11) is 0. The van der Waals surface area contributed by atoms with Crippen molar-refractivity contribution < 1.29 is 18.3 Å². The van der Waals surface area contributed by atoms with Crippen LogP contribution in [0.25, 0.3) is 0 Å². The Morgan fingerprint density at radius 3 is 2.62 bits per heavy atom. The predicted octanol–water partition coefficient (Wildman–Crippen LogP) is 3.75. The Morgan fingerprint density at radius 1 is 1.24 bits per heavy atom. The molecule has 0 bridgehead atoms. The van der Waals surface area contributed by atoms with E-state index in [1.807, 2.05) is 6.07 Å². The molecule has 0 saturated carbocycles. The second-order valence-electron chi connectivity index (χ2n) is 4.09. The van der Waals surface area contributed by atoms with Gasteiger partial charge in [0.05, 0.1) is 16.1 Å². The topological polar surface area (TPSA) is 50.1 Å². The fourth-order valence-electron chi connectivity index (χ4n) is 1.62. The molecule has 21 heavy (non-hydrogen) atoms. The minimum Gasteiger partial charge on any atom is -0.485 e. The van der Waals surface area contributed by atoms with Crippen molar-refractivity contribution in [2.75, 3.05) is 6.61 Å². The van der Waals surface area contributed by atoms with E-state index >= 15 is 0 Å². The fourth-order valence-corrected chi connectivity index (χ4v) is 1.83. The molecule has 0 aromatic heterocycles. The molecule has 0 radical (unpaired) electrons. The monoisotopic (exact) mass is 307 g/mol. The number of halogens is 3. The Bertz CT molecular complexity index is 741. The smallest absolute Gasteiger partial charge is 0.203 e. The van der Waals surface area contributed by atoms with Gasteiger partial charge in [0.1, 0.15) is 23.5 Å². The molecule has 6 heteroatoms. The molecule has 0 aliphatic rings. The van der Waals surface area contributed by atoms with Gasteiger partial charge < -0.3 is 4.74 Å². The van der Waals surface area contributed by atoms with E-state index in [2.05, 4.69) is 0 Å². The van der Waals surface area contributed by atoms with Crippen LogP contribution in [0.4, 0.5) is 8.78 Å². The standard InChI is InChI=1S/C15H8ClF2NO2/c16-13-6-11(3-1-9(13)7-19)21-8-15(20)12-4-2-10(17)5-14(12)18/h1-6H,8H2. The highest BCUT2D eigenvalue weighted by atomic mass is 35.5. The molecule has 0 spiro atoms. The molecule has 0 heterocycles. The highest BCUT2D eigenvalue weighted by Crippen LogP contribution is 2.22. The van der Waals surface area contributed by atoms with Crippen molar-refractivity contribution in [3.05, 3.63) is 64.2 Å². The van der Waals surface area contributed by atoms with E-state index in [9.17, 15) is 13.6 Å². The first kappa shape index (κ1) is 14.9. The zero-order valence-electron chi connectivity index (χ0n) is 10.6. The molecule has 2 aromatic rings. The third-order valence-electron chi connectivity index (χ3n) is 2.66. The molecule has 0 N–H and O–H groups in total. The van der Waals surface area contributed by atoms with Crippen LogP contribution in [-0.4, -0.2) is 12.4 Å². The maximum Gasteiger partial charge on any atom is 0.203 e. The number of carbonyl (C=O) groups excluding carboxylic acids is 1. The molecule has 106 valence electrons. The summed E-state index contributed by atoms with van der Waals surface area (Å²) < 4.78 is 31.4. The number of nitrogens with zero attached hydrogens (tertiary/aromatic N) is 1. The van der Waals surface area contributed by atoms with Gasteiger partial charge in [0.25, 0.3) is 0 Å². The Hall–Kier alpha value is -2.45. The van der Waals surface area contributed by atoms with Gasteiger partial charge in [-0.2, -0.15) is 5.26 Å². The number of Topliss-reactive ketones (excluding diaryl/α,β-unsaturated/α-hetero) is 1. The van der Waals surface area contributed by atoms with Gasteiger partial charge in [-0.15, -0.1) is 0 Å². The SMILES string of the molecule is N#Cc1ccc(OCC(=O)c2ccc(F)cc2F)cc1Cl. The summed E-state index contributed by atoms with van der Waals surface area (Å²) in [6.07, 6.45) is 0. The summed E-state index contributed by atoms with van der Waals surface area (Å²) in [5.74, 6) is -2.06. The van der Waals surface area contributed by atoms with Crippen LogP contribution in [0.15, 0.2) is 36.4 Å². The van der Waals surface area contributed by atoms with Gasteiger partial charge in [0.15, 0.2) is 6.61 Å². The van der Waals surface area contributed by atoms with E-state index in [0.717, 1.165) is 12.1 Å². The average Bonchev–Trinajstić information content (AvgIpc) is 2.45. The number of ketones is 1. The third kappa shape index (κ3) is 3.56. The number of benzene rings is 2. The lowest BCUT2D eigenvalue weighted by molar-refractivity contribution is 0.0917. The molecule has 0 amide bonds. The highest BCUT2D eigenvalue weighted by Gasteiger charge is 2.13. The van der Waals surface area contributed by atoms with Crippen molar-refractivity contribution in [3.8, 4) is 11.8 Å². The number of rotatable bonds is 4. The third-order valence-corrected chi connectivity index (χ3v) is 2.98. The number of nitriles is 1. The molecule has 0 unspecified atom stereocenters. The van der Waals surface area contributed by atoms with Crippen molar-refractivity contribution >= 4 is 17.4 Å². The van der Waals surface area contributed by atoms with Crippen LogP contribution in [0, 0.1) is 23.0 Å². The summed E-state index contributed by atoms with van der Waals surface area (Å²) in [5.41, 5.74) is 0.0241. The summed E-state index contributed by atoms with van der Waals surface area (Å²) in [5, 5.41) is 8.92. The zero-order chi connectivity index (χ0) is 15.4. The average molecular weight is 308 g/mol. The van der Waals surface area contributed by atoms with Gasteiger partial charge in [0.2, 0.25) is 5.78 Å². The van der Waals surface area contributed by atoms with E-state index in [1.54, 1.807) is 0 Å². The van der Waals surface area contributed by atoms with Crippen LogP contribution in [0.2, 0.25) is 5.02 Å². The van der Waals surface area contributed by atoms with Crippen LogP contribution in [0.5, 0.6) is 5.75 Å². The Labute approximate surface area is 124 Å². The minimum absolute atomic E-state index is 0.190. The van der Waals surface area contributed by atoms with Crippen molar-refractivity contribution in [1.29, 1.82) is 5.26 Å². The van der Waals surface area contributed by atoms with E-state index < -0.39 is 24.0 Å². The zero-order valence-corrected chi connectivity index (χ0v) is 11.3. The Kier molecular flexibility index (Phi) is 4.51. The minimum atomic E-state index is -0.943. The van der Waals surface area contributed by atoms with Crippen molar-refractivity contribution in [3.63, 3.8) is 0 Å². The molecule has 2 rings (SSSR count). The molecule has 0 atom stereocenters. The van der Waals surface area contributed by atoms with Crippen molar-refractivity contribution in [2.24, 2.45) is 0 Å². The maximum absolute atomic E-state index is 13.4. The maximum atomic E-state index is 13.4. The Balaban J connectivity index is 2.07. The molecule has 0 fully saturated rings. The van der Waals surface area contributed by atoms with Gasteiger partial charge in [-0.3, -0.25) is 4.79 Å². The van der Waals surface area contributed by atoms with E-state index in [1.165, 1.54) is 18.2 Å². The van der Waals surface area contributed by atoms with Crippen molar-refractivity contribution in [1.82, 2.24) is 0 Å². The lowest BCUT2D eigenvalue weighted by Gasteiger charge is -2.07. The molecule has 0 aliphatic carbocycles. The molecule has 0 saturated heterocycles. The first-order valence-corrected chi connectivity index (χ1v) is 6.20. The molecule has 3 nitrogen and oxygen atoms in total. The second kappa shape index (κ2) is 6.33. The second-order valence-corrected chi connectivity index (χ2v) is 4.50. The number of hydrogen-bond donors (Lipinski definition) is 0. The van der Waals surface area contributed by atoms with Crippen LogP contribution in [0.3, 0.4) is 0 Å². The largest absolute Gasteiger partial charge is 0.485 e. The summed E-state index contributed by atoms with van der Waals surface area (Å²) in [6, 6.07) is 8.87. The van der Waals surface area contributed by atoms with Gasteiger partial charge >= 0.3 is 0 Å². The summed E-state index contributed by atoms with van der Waals surface area (Å²) in [4.78, 5) is 11.8. The van der Waals surface area contributed by atoms with Gasteiger partial charge in [-0.05, 0) is 24.3 Å². The van der Waals surface area contributed by atoms with Gasteiger partial charge in [-0.25, -0.2) is 8.78 Å². The number of ether oxygens (including phenoxy) is 1. The molecule has 2 aromatic carbocycles. The normalized spacial score (nSPS) is 10.0. The molecule has 0 aliphatic heterocycles. The summed E-state index contributed by atoms with van der Waals surface area (Å²) in [6.45, 7) is -0.426. The molecular formula is C15H8ClF2NO2. The van der Waals surface area contributed by atoms with Crippen LogP contribution < -0.4 is 4.74 Å². The lowest BCUT2D eigenvalue weighted by Crippen LogP contribution is -2.13. The highest BCUT2D eigenvalue weighted by molar-refractivity contribution is 6.31. The van der Waals surface area contributed by atoms with Crippen molar-refractivity contribution in [2.45, 2.75) is 0 Å². The van der Waals surface area contributed by atoms with Crippen LogP contribution >= 0.6 is 11.6 Å². The van der Waals surface area contributed by atoms with Crippen LogP contribution in [0.1, 0.15) is 15.9 Å². The first-order chi connectivity index (χ1) is 10.0. The Morgan fingerprint density at radius 2 is 2.00 bits per heavy atom. The fraction of sp³-hybridized carbons (Fsp3) is 0.0667. The number of carbonyl (C=O) groups is 1. The summed E-state index contributed by atoms with van der Waals surface area (Å²) >= 11 is 5.82. The quantitative estimate of drug-likeness (QED) is 0.808. The van der Waals surface area contributed by atoms with E-state index in [-0.39, 0.29) is 21.9 Å². The predicted molar refractivity (Wildman–Crippen MR) is 72.4 cm³/mol. The first-order valence-electron chi connectivity index (χ1n) is 5.82. The van der Waals surface area contributed by atoms with Gasteiger partial charge in [0, 0.05) is 12.1 Å². The van der Waals surface area contributed by atoms with Crippen LogP contribution in [-0.2, 0) is 0 Å². The van der Waals surface area contributed by atoms with E-state index in [4.69, 9.17) is 21.6 Å². The number of hydrogen-bond acceptors (Lipinski definition) is 3. The molecular weight excluding hydrogens is 300 g/mol.